The van der Waals surface area contributed by atoms with Gasteiger partial charge in [-0.3, -0.25) is 14.2 Å². The second-order valence-electron chi connectivity index (χ2n) is 8.22. The Morgan fingerprint density at radius 1 is 1.03 bits per heavy atom. The number of ether oxygens (including phenoxy) is 1. The number of methoxy groups -OCH3 is 1. The van der Waals surface area contributed by atoms with Gasteiger partial charge < -0.3 is 10.1 Å². The van der Waals surface area contributed by atoms with Crippen LogP contribution in [-0.2, 0) is 13.1 Å². The van der Waals surface area contributed by atoms with E-state index in [1.807, 2.05) is 49.4 Å². The summed E-state index contributed by atoms with van der Waals surface area (Å²) in [5.74, 6) is -0.318. The molecule has 176 valence electrons. The highest BCUT2D eigenvalue weighted by atomic mass is 19.1. The zero-order chi connectivity index (χ0) is 24.5. The lowest BCUT2D eigenvalue weighted by Gasteiger charge is -2.12. The van der Waals surface area contributed by atoms with Crippen molar-refractivity contribution >= 4 is 22.6 Å². The first-order chi connectivity index (χ1) is 16.9. The first-order valence-corrected chi connectivity index (χ1v) is 11.0. The molecule has 9 heteroatoms. The van der Waals surface area contributed by atoms with Crippen LogP contribution in [0.3, 0.4) is 0 Å². The van der Waals surface area contributed by atoms with Crippen molar-refractivity contribution in [2.24, 2.45) is 0 Å². The summed E-state index contributed by atoms with van der Waals surface area (Å²) in [6.45, 7) is 2.31. The molecule has 0 atom stereocenters. The standard InChI is InChI=1S/C26H22FN5O3/c1-16-9-10-21-22(11-16)31(15-18-6-3-7-19(27)12-18)26(34)24-29-23(30-32(21)24)25(33)28-14-17-5-4-8-20(13-17)35-2/h3-13H,14-15H2,1-2H3,(H,28,33). The van der Waals surface area contributed by atoms with Crippen LogP contribution >= 0.6 is 0 Å². The molecule has 5 rings (SSSR count). The Morgan fingerprint density at radius 3 is 2.63 bits per heavy atom. The van der Waals surface area contributed by atoms with Crippen molar-refractivity contribution in [3.8, 4) is 5.75 Å². The first kappa shape index (κ1) is 22.3. The predicted molar refractivity (Wildman–Crippen MR) is 129 cm³/mol. The number of carbonyl (C=O) groups excluding carboxylic acids is 1. The summed E-state index contributed by atoms with van der Waals surface area (Å²) >= 11 is 0. The van der Waals surface area contributed by atoms with Crippen LogP contribution in [0, 0.1) is 12.7 Å². The number of fused-ring (bicyclic) bond motifs is 3. The minimum Gasteiger partial charge on any atom is -0.497 e. The summed E-state index contributed by atoms with van der Waals surface area (Å²) in [7, 11) is 1.57. The molecule has 35 heavy (non-hydrogen) atoms. The highest BCUT2D eigenvalue weighted by molar-refractivity contribution is 5.91. The fourth-order valence-corrected chi connectivity index (χ4v) is 3.99. The Bertz CT molecular complexity index is 1640. The van der Waals surface area contributed by atoms with Gasteiger partial charge in [0.25, 0.3) is 11.5 Å². The van der Waals surface area contributed by atoms with Gasteiger partial charge in [0.1, 0.15) is 11.6 Å². The second-order valence-corrected chi connectivity index (χ2v) is 8.22. The van der Waals surface area contributed by atoms with E-state index >= 15 is 0 Å². The van der Waals surface area contributed by atoms with Gasteiger partial charge in [0.15, 0.2) is 0 Å². The zero-order valence-corrected chi connectivity index (χ0v) is 19.2. The van der Waals surface area contributed by atoms with E-state index in [2.05, 4.69) is 15.4 Å². The minimum absolute atomic E-state index is 0.0179. The smallest absolute Gasteiger partial charge is 0.296 e. The van der Waals surface area contributed by atoms with Crippen LogP contribution in [0.15, 0.2) is 71.5 Å². The molecule has 0 fully saturated rings. The van der Waals surface area contributed by atoms with Gasteiger partial charge >= 0.3 is 0 Å². The Balaban J connectivity index is 1.54. The van der Waals surface area contributed by atoms with E-state index in [1.165, 1.54) is 21.2 Å². The normalized spacial score (nSPS) is 11.2. The molecular formula is C26H22FN5O3. The number of aromatic nitrogens is 4. The van der Waals surface area contributed by atoms with E-state index in [-0.39, 0.29) is 30.4 Å². The summed E-state index contributed by atoms with van der Waals surface area (Å²) < 4.78 is 21.9. The van der Waals surface area contributed by atoms with Crippen LogP contribution in [0.2, 0.25) is 0 Å². The third kappa shape index (κ3) is 4.35. The summed E-state index contributed by atoms with van der Waals surface area (Å²) in [5.41, 5.74) is 3.24. The fourth-order valence-electron chi connectivity index (χ4n) is 3.99. The molecule has 0 spiro atoms. The third-order valence-corrected chi connectivity index (χ3v) is 5.71. The average molecular weight is 471 g/mol. The lowest BCUT2D eigenvalue weighted by molar-refractivity contribution is 0.0940. The van der Waals surface area contributed by atoms with Crippen molar-refractivity contribution in [3.05, 3.63) is 105 Å². The second kappa shape index (κ2) is 9.02. The molecule has 0 aliphatic rings. The number of nitrogens with zero attached hydrogens (tertiary/aromatic N) is 4. The fraction of sp³-hybridized carbons (Fsp3) is 0.154. The Hall–Kier alpha value is -4.53. The lowest BCUT2D eigenvalue weighted by Crippen LogP contribution is -2.24. The quantitative estimate of drug-likeness (QED) is 0.410. The number of hydrogen-bond donors (Lipinski definition) is 1. The summed E-state index contributed by atoms with van der Waals surface area (Å²) in [4.78, 5) is 30.5. The van der Waals surface area contributed by atoms with Gasteiger partial charge in [-0.05, 0) is 60.0 Å². The molecule has 3 aromatic carbocycles. The van der Waals surface area contributed by atoms with E-state index in [9.17, 15) is 14.0 Å². The van der Waals surface area contributed by atoms with Gasteiger partial charge in [-0.2, -0.15) is 4.98 Å². The molecule has 8 nitrogen and oxygen atoms in total. The molecule has 1 N–H and O–H groups in total. The molecule has 0 saturated heterocycles. The number of amides is 1. The van der Waals surface area contributed by atoms with Gasteiger partial charge in [0.05, 0.1) is 24.7 Å². The van der Waals surface area contributed by atoms with Crippen molar-refractivity contribution in [2.45, 2.75) is 20.0 Å². The molecule has 0 aliphatic heterocycles. The number of hydrogen-bond acceptors (Lipinski definition) is 5. The van der Waals surface area contributed by atoms with Gasteiger partial charge in [0.2, 0.25) is 11.5 Å². The van der Waals surface area contributed by atoms with E-state index in [1.54, 1.807) is 19.2 Å². The van der Waals surface area contributed by atoms with Crippen molar-refractivity contribution in [2.75, 3.05) is 7.11 Å². The van der Waals surface area contributed by atoms with Crippen LogP contribution in [0.4, 0.5) is 4.39 Å². The number of rotatable bonds is 6. The van der Waals surface area contributed by atoms with E-state index < -0.39 is 11.5 Å². The summed E-state index contributed by atoms with van der Waals surface area (Å²) in [5, 5.41) is 7.12. The zero-order valence-electron chi connectivity index (χ0n) is 19.2. The van der Waals surface area contributed by atoms with Gasteiger partial charge in [-0.25, -0.2) is 8.91 Å². The summed E-state index contributed by atoms with van der Waals surface area (Å²) in [6, 6.07) is 19.0. The third-order valence-electron chi connectivity index (χ3n) is 5.71. The highest BCUT2D eigenvalue weighted by Crippen LogP contribution is 2.18. The Morgan fingerprint density at radius 2 is 1.83 bits per heavy atom. The number of benzene rings is 3. The maximum absolute atomic E-state index is 13.8. The average Bonchev–Trinajstić information content (AvgIpc) is 3.31. The Labute approximate surface area is 199 Å². The molecule has 2 heterocycles. The molecular weight excluding hydrogens is 449 g/mol. The number of halogens is 1. The van der Waals surface area contributed by atoms with Crippen LogP contribution < -0.4 is 15.6 Å². The van der Waals surface area contributed by atoms with Crippen LogP contribution in [-0.4, -0.2) is 32.2 Å². The summed E-state index contributed by atoms with van der Waals surface area (Å²) in [6.07, 6.45) is 0. The number of nitrogens with one attached hydrogen (secondary N) is 1. The van der Waals surface area contributed by atoms with Crippen LogP contribution in [0.5, 0.6) is 5.75 Å². The van der Waals surface area contributed by atoms with Gasteiger partial charge in [-0.15, -0.1) is 5.10 Å². The maximum atomic E-state index is 13.8. The topological polar surface area (TPSA) is 90.5 Å². The molecule has 2 aromatic heterocycles. The lowest BCUT2D eigenvalue weighted by atomic mass is 10.2. The van der Waals surface area contributed by atoms with Crippen molar-refractivity contribution in [1.29, 1.82) is 0 Å². The molecule has 0 aliphatic carbocycles. The van der Waals surface area contributed by atoms with Crippen molar-refractivity contribution < 1.29 is 13.9 Å². The van der Waals surface area contributed by atoms with Crippen molar-refractivity contribution in [1.82, 2.24) is 24.5 Å². The number of aryl methyl sites for hydroxylation is 1. The Kier molecular flexibility index (Phi) is 5.74. The van der Waals surface area contributed by atoms with E-state index in [0.717, 1.165) is 11.1 Å². The molecule has 0 saturated carbocycles. The predicted octanol–water partition coefficient (Wildman–Crippen LogP) is 3.48. The van der Waals surface area contributed by atoms with E-state index in [4.69, 9.17) is 4.74 Å². The minimum atomic E-state index is -0.507. The first-order valence-electron chi connectivity index (χ1n) is 11.0. The van der Waals surface area contributed by atoms with Crippen molar-refractivity contribution in [3.63, 3.8) is 0 Å². The molecule has 0 unspecified atom stereocenters. The monoisotopic (exact) mass is 471 g/mol. The molecule has 5 aromatic rings. The maximum Gasteiger partial charge on any atom is 0.296 e. The molecule has 1 amide bonds. The van der Waals surface area contributed by atoms with Crippen LogP contribution in [0.1, 0.15) is 27.3 Å². The van der Waals surface area contributed by atoms with E-state index in [0.29, 0.717) is 22.3 Å². The van der Waals surface area contributed by atoms with Crippen LogP contribution in [0.25, 0.3) is 16.7 Å². The van der Waals surface area contributed by atoms with Gasteiger partial charge in [-0.1, -0.05) is 30.3 Å². The highest BCUT2D eigenvalue weighted by Gasteiger charge is 2.19. The SMILES string of the molecule is COc1cccc(CNC(=O)c2nc3c(=O)n(Cc4cccc(F)c4)c4cc(C)ccc4n3n2)c1. The number of carbonyl (C=O) groups is 1. The largest absolute Gasteiger partial charge is 0.497 e. The molecule has 0 radical (unpaired) electrons. The van der Waals surface area contributed by atoms with Gasteiger partial charge in [0, 0.05) is 6.54 Å². The molecule has 0 bridgehead atoms.